The Morgan fingerprint density at radius 1 is 1.06 bits per heavy atom. The number of likely N-dealkylation sites (tertiary alicyclic amines) is 1. The summed E-state index contributed by atoms with van der Waals surface area (Å²) in [4.78, 5) is 15.0. The number of carbonyl (C=O) groups excluding carboxylic acids is 1. The summed E-state index contributed by atoms with van der Waals surface area (Å²) in [5.41, 5.74) is 1.12. The minimum atomic E-state index is -3.93. The van der Waals surface area contributed by atoms with Gasteiger partial charge in [0.05, 0.1) is 12.2 Å². The Morgan fingerprint density at radius 2 is 1.69 bits per heavy atom. The lowest BCUT2D eigenvalue weighted by Gasteiger charge is -2.34. The summed E-state index contributed by atoms with van der Waals surface area (Å²) >= 11 is 0. The summed E-state index contributed by atoms with van der Waals surface area (Å²) in [5, 5.41) is 2.97. The lowest BCUT2D eigenvalue weighted by molar-refractivity contribution is 0.0947. The first-order valence-corrected chi connectivity index (χ1v) is 13.5. The minimum Gasteiger partial charge on any atom is -0.352 e. The highest BCUT2D eigenvalue weighted by Gasteiger charge is 2.27. The monoisotopic (exact) mass is 504 g/mol. The number of piperidine rings is 1. The van der Waals surface area contributed by atoms with Crippen molar-refractivity contribution in [3.05, 3.63) is 65.5 Å². The average molecular weight is 505 g/mol. The molecular formula is C26H37FN4O3S. The number of anilines is 1. The Hall–Kier alpha value is -2.49. The van der Waals surface area contributed by atoms with Gasteiger partial charge in [-0.05, 0) is 61.1 Å². The van der Waals surface area contributed by atoms with Crippen molar-refractivity contribution < 1.29 is 17.6 Å². The minimum absolute atomic E-state index is 0.0273. The van der Waals surface area contributed by atoms with E-state index in [0.29, 0.717) is 29.5 Å². The average Bonchev–Trinajstić information content (AvgIpc) is 2.80. The number of halogens is 1. The molecule has 0 unspecified atom stereocenters. The Morgan fingerprint density at radius 3 is 2.29 bits per heavy atom. The lowest BCUT2D eigenvalue weighted by atomic mass is 9.92. The molecule has 2 atom stereocenters. The molecule has 7 nitrogen and oxygen atoms in total. The zero-order chi connectivity index (χ0) is 25.6. The van der Waals surface area contributed by atoms with Crippen molar-refractivity contribution in [3.63, 3.8) is 0 Å². The number of benzene rings is 2. The van der Waals surface area contributed by atoms with Gasteiger partial charge in [0.15, 0.2) is 0 Å². The molecule has 0 aromatic heterocycles. The quantitative estimate of drug-likeness (QED) is 0.501. The van der Waals surface area contributed by atoms with Gasteiger partial charge in [0.1, 0.15) is 5.82 Å². The Bertz CT molecular complexity index is 1080. The van der Waals surface area contributed by atoms with Crippen molar-refractivity contribution in [2.24, 2.45) is 11.8 Å². The van der Waals surface area contributed by atoms with E-state index in [9.17, 15) is 17.6 Å². The van der Waals surface area contributed by atoms with Gasteiger partial charge in [0.25, 0.3) is 5.91 Å². The van der Waals surface area contributed by atoms with Crippen LogP contribution in [0.25, 0.3) is 0 Å². The summed E-state index contributed by atoms with van der Waals surface area (Å²) in [7, 11) is -1.12. The summed E-state index contributed by atoms with van der Waals surface area (Å²) < 4.78 is 42.3. The van der Waals surface area contributed by atoms with Crippen LogP contribution in [-0.2, 0) is 16.8 Å². The summed E-state index contributed by atoms with van der Waals surface area (Å²) in [6.45, 7) is 8.33. The van der Waals surface area contributed by atoms with E-state index in [1.54, 1.807) is 30.3 Å². The first-order chi connectivity index (χ1) is 16.6. The number of nitrogens with one attached hydrogen (secondary N) is 1. The van der Waals surface area contributed by atoms with Crippen molar-refractivity contribution in [2.45, 2.75) is 33.2 Å². The molecular weight excluding hydrogens is 467 g/mol. The van der Waals surface area contributed by atoms with Crippen LogP contribution in [0.15, 0.2) is 48.5 Å². The van der Waals surface area contributed by atoms with Gasteiger partial charge in [-0.2, -0.15) is 12.7 Å². The van der Waals surface area contributed by atoms with Crippen LogP contribution >= 0.6 is 0 Å². The summed E-state index contributed by atoms with van der Waals surface area (Å²) in [5.74, 6) is 0.647. The number of carbonyl (C=O) groups is 1. The smallest absolute Gasteiger partial charge is 0.303 e. The first kappa shape index (κ1) is 27.1. The van der Waals surface area contributed by atoms with Crippen molar-refractivity contribution >= 4 is 21.8 Å². The maximum Gasteiger partial charge on any atom is 0.303 e. The van der Waals surface area contributed by atoms with E-state index in [1.807, 2.05) is 0 Å². The van der Waals surface area contributed by atoms with Crippen molar-refractivity contribution in [1.29, 1.82) is 0 Å². The number of para-hydroxylation sites is 1. The Balaban J connectivity index is 1.59. The molecule has 0 bridgehead atoms. The van der Waals surface area contributed by atoms with Crippen LogP contribution in [0, 0.1) is 17.7 Å². The zero-order valence-electron chi connectivity index (χ0n) is 21.1. The molecule has 0 saturated carbocycles. The molecule has 192 valence electrons. The maximum atomic E-state index is 14.4. The molecule has 0 radical (unpaired) electrons. The Labute approximate surface area is 209 Å². The van der Waals surface area contributed by atoms with Gasteiger partial charge in [-0.25, -0.2) is 4.39 Å². The van der Waals surface area contributed by atoms with Crippen LogP contribution < -0.4 is 9.62 Å². The second-order valence-corrected chi connectivity index (χ2v) is 11.8. The van der Waals surface area contributed by atoms with E-state index in [0.717, 1.165) is 34.7 Å². The normalized spacial score (nSPS) is 19.0. The van der Waals surface area contributed by atoms with E-state index in [2.05, 4.69) is 24.1 Å². The van der Waals surface area contributed by atoms with Gasteiger partial charge in [0, 0.05) is 39.3 Å². The third-order valence-corrected chi connectivity index (χ3v) is 8.09. The van der Waals surface area contributed by atoms with E-state index in [4.69, 9.17) is 0 Å². The van der Waals surface area contributed by atoms with E-state index in [-0.39, 0.29) is 18.1 Å². The third-order valence-electron chi connectivity index (χ3n) is 6.28. The fraction of sp³-hybridized carbons (Fsp3) is 0.500. The predicted molar refractivity (Wildman–Crippen MR) is 138 cm³/mol. The maximum absolute atomic E-state index is 14.4. The second-order valence-electron chi connectivity index (χ2n) is 9.76. The first-order valence-electron chi connectivity index (χ1n) is 12.1. The van der Waals surface area contributed by atoms with Crippen LogP contribution in [0.2, 0.25) is 0 Å². The van der Waals surface area contributed by atoms with Crippen LogP contribution in [-0.4, -0.2) is 63.8 Å². The van der Waals surface area contributed by atoms with Crippen molar-refractivity contribution in [3.8, 4) is 0 Å². The molecule has 35 heavy (non-hydrogen) atoms. The van der Waals surface area contributed by atoms with E-state index >= 15 is 0 Å². The van der Waals surface area contributed by atoms with Gasteiger partial charge in [0.2, 0.25) is 0 Å². The molecule has 2 aromatic carbocycles. The number of rotatable bonds is 10. The number of hydrogen-bond donors (Lipinski definition) is 1. The molecule has 1 amide bonds. The lowest BCUT2D eigenvalue weighted by Crippen LogP contribution is -2.40. The van der Waals surface area contributed by atoms with Crippen LogP contribution in [0.5, 0.6) is 0 Å². The SMILES string of the molecule is C[C@@H]1C[C@H](C)CN(CCCNC(=O)c2ccc(CN(c3ccccc3F)S(=O)(=O)N(C)C)cc2)C1. The largest absolute Gasteiger partial charge is 0.352 e. The number of amides is 1. The van der Waals surface area contributed by atoms with E-state index in [1.165, 1.54) is 38.7 Å². The highest BCUT2D eigenvalue weighted by atomic mass is 32.2. The topological polar surface area (TPSA) is 73.0 Å². The van der Waals surface area contributed by atoms with Gasteiger partial charge in [-0.15, -0.1) is 0 Å². The van der Waals surface area contributed by atoms with Crippen molar-refractivity contribution in [2.75, 3.05) is 44.6 Å². The third kappa shape index (κ3) is 7.25. The fourth-order valence-corrected chi connectivity index (χ4v) is 5.75. The summed E-state index contributed by atoms with van der Waals surface area (Å²) in [6, 6.07) is 12.5. The van der Waals surface area contributed by atoms with Crippen molar-refractivity contribution in [1.82, 2.24) is 14.5 Å². The van der Waals surface area contributed by atoms with Gasteiger partial charge >= 0.3 is 10.2 Å². The summed E-state index contributed by atoms with van der Waals surface area (Å²) in [6.07, 6.45) is 2.17. The van der Waals surface area contributed by atoms with Crippen LogP contribution in [0.1, 0.15) is 42.6 Å². The van der Waals surface area contributed by atoms with Gasteiger partial charge < -0.3 is 10.2 Å². The highest BCUT2D eigenvalue weighted by molar-refractivity contribution is 7.90. The molecule has 0 aliphatic carbocycles. The Kier molecular flexibility index (Phi) is 9.27. The number of nitrogens with zero attached hydrogens (tertiary/aromatic N) is 3. The van der Waals surface area contributed by atoms with Crippen LogP contribution in [0.4, 0.5) is 10.1 Å². The van der Waals surface area contributed by atoms with E-state index < -0.39 is 16.0 Å². The second kappa shape index (κ2) is 12.0. The molecule has 1 fully saturated rings. The van der Waals surface area contributed by atoms with Crippen LogP contribution in [0.3, 0.4) is 0 Å². The standard InChI is InChI=1S/C26H37FN4O3S/c1-20-16-21(2)18-30(17-20)15-7-14-28-26(32)23-12-10-22(11-13-23)19-31(35(33,34)29(3)4)25-9-6-5-8-24(25)27/h5-6,8-13,20-21H,7,14-19H2,1-4H3,(H,28,32)/t20-,21+. The molecule has 1 heterocycles. The molecule has 1 aliphatic rings. The predicted octanol–water partition coefficient (Wildman–Crippen LogP) is 3.74. The zero-order valence-corrected chi connectivity index (χ0v) is 21.9. The number of hydrogen-bond acceptors (Lipinski definition) is 4. The molecule has 0 spiro atoms. The molecule has 1 saturated heterocycles. The molecule has 1 aliphatic heterocycles. The van der Waals surface area contributed by atoms with Gasteiger partial charge in [-0.3, -0.25) is 9.10 Å². The molecule has 1 N–H and O–H groups in total. The fourth-order valence-electron chi connectivity index (χ4n) is 4.65. The molecule has 3 rings (SSSR count). The molecule has 9 heteroatoms. The van der Waals surface area contributed by atoms with Gasteiger partial charge in [-0.1, -0.05) is 38.1 Å². The highest BCUT2D eigenvalue weighted by Crippen LogP contribution is 2.25. The molecule has 2 aromatic rings.